The van der Waals surface area contributed by atoms with Crippen LogP contribution in [0.2, 0.25) is 0 Å². The first kappa shape index (κ1) is 15.1. The smallest absolute Gasteiger partial charge is 0.230 e. The maximum atomic E-state index is 13.1. The van der Waals surface area contributed by atoms with Crippen LogP contribution in [0.3, 0.4) is 0 Å². The summed E-state index contributed by atoms with van der Waals surface area (Å²) in [5.74, 6) is 3.11. The third kappa shape index (κ3) is 2.66. The highest BCUT2D eigenvalue weighted by atomic mass is 16.5. The number of nitrogens with one attached hydrogen (secondary N) is 1. The van der Waals surface area contributed by atoms with E-state index in [0.717, 1.165) is 42.8 Å². The molecule has 2 bridgehead atoms. The van der Waals surface area contributed by atoms with Gasteiger partial charge in [0.05, 0.1) is 11.8 Å². The van der Waals surface area contributed by atoms with Crippen molar-refractivity contribution >= 4 is 11.6 Å². The van der Waals surface area contributed by atoms with E-state index < -0.39 is 0 Å². The van der Waals surface area contributed by atoms with Crippen LogP contribution in [0.25, 0.3) is 0 Å². The van der Waals surface area contributed by atoms with Crippen molar-refractivity contribution in [1.82, 2.24) is 10.1 Å². The second-order valence-electron chi connectivity index (χ2n) is 8.01. The summed E-state index contributed by atoms with van der Waals surface area (Å²) < 4.78 is 5.61. The van der Waals surface area contributed by atoms with Crippen molar-refractivity contribution in [3.05, 3.63) is 41.5 Å². The lowest BCUT2D eigenvalue weighted by Crippen LogP contribution is -2.33. The lowest BCUT2D eigenvalue weighted by Gasteiger charge is -2.27. The van der Waals surface area contributed by atoms with Crippen LogP contribution in [0.1, 0.15) is 61.2 Å². The van der Waals surface area contributed by atoms with E-state index in [1.165, 1.54) is 6.42 Å². The Morgan fingerprint density at radius 1 is 1.20 bits per heavy atom. The van der Waals surface area contributed by atoms with Gasteiger partial charge in [-0.15, -0.1) is 0 Å². The number of rotatable bonds is 4. The summed E-state index contributed by atoms with van der Waals surface area (Å²) >= 11 is 0. The van der Waals surface area contributed by atoms with Crippen molar-refractivity contribution in [2.45, 2.75) is 50.9 Å². The Kier molecular flexibility index (Phi) is 3.43. The van der Waals surface area contributed by atoms with Gasteiger partial charge in [-0.1, -0.05) is 17.3 Å². The monoisotopic (exact) mass is 337 g/mol. The molecule has 5 heteroatoms. The van der Waals surface area contributed by atoms with Gasteiger partial charge in [-0.2, -0.15) is 4.98 Å². The minimum Gasteiger partial charge on any atom is -0.339 e. The summed E-state index contributed by atoms with van der Waals surface area (Å²) in [6, 6.07) is 7.97. The molecule has 3 aliphatic rings. The van der Waals surface area contributed by atoms with Crippen molar-refractivity contribution in [2.75, 3.05) is 5.32 Å². The van der Waals surface area contributed by atoms with Crippen LogP contribution in [-0.2, 0) is 4.79 Å². The Hall–Kier alpha value is -2.17. The predicted octanol–water partition coefficient (Wildman–Crippen LogP) is 4.02. The molecule has 0 saturated heterocycles. The first-order chi connectivity index (χ1) is 12.2. The molecule has 0 radical (unpaired) electrons. The lowest BCUT2D eigenvalue weighted by atomic mass is 9.78. The van der Waals surface area contributed by atoms with Gasteiger partial charge in [-0.25, -0.2) is 0 Å². The molecule has 0 spiro atoms. The molecule has 5 nitrogen and oxygen atoms in total. The van der Waals surface area contributed by atoms with E-state index in [4.69, 9.17) is 4.52 Å². The largest absolute Gasteiger partial charge is 0.339 e. The number of aryl methyl sites for hydroxylation is 1. The van der Waals surface area contributed by atoms with Crippen molar-refractivity contribution in [1.29, 1.82) is 0 Å². The summed E-state index contributed by atoms with van der Waals surface area (Å²) in [6.45, 7) is 2.04. The van der Waals surface area contributed by atoms with Crippen LogP contribution >= 0.6 is 0 Å². The molecule has 1 aromatic carbocycles. The first-order valence-electron chi connectivity index (χ1n) is 9.40. The summed E-state index contributed by atoms with van der Waals surface area (Å²) in [5.41, 5.74) is 2.02. The van der Waals surface area contributed by atoms with E-state index in [2.05, 4.69) is 15.5 Å². The van der Waals surface area contributed by atoms with E-state index in [-0.39, 0.29) is 17.7 Å². The molecule has 0 aliphatic heterocycles. The second-order valence-corrected chi connectivity index (χ2v) is 8.01. The minimum absolute atomic E-state index is 0.0493. The van der Waals surface area contributed by atoms with Gasteiger partial charge >= 0.3 is 0 Å². The summed E-state index contributed by atoms with van der Waals surface area (Å²) in [5, 5.41) is 7.30. The van der Waals surface area contributed by atoms with E-state index in [1.807, 2.05) is 31.2 Å². The Morgan fingerprint density at radius 3 is 2.84 bits per heavy atom. The molecule has 1 N–H and O–H groups in total. The van der Waals surface area contributed by atoms with Crippen molar-refractivity contribution in [3.63, 3.8) is 0 Å². The zero-order valence-electron chi connectivity index (χ0n) is 14.4. The molecule has 3 aliphatic carbocycles. The number of amides is 1. The molecule has 130 valence electrons. The van der Waals surface area contributed by atoms with E-state index in [1.54, 1.807) is 0 Å². The molecule has 1 amide bonds. The lowest BCUT2D eigenvalue weighted by molar-refractivity contribution is -0.122. The standard InChI is InChI=1S/C20H23N3O2/c1-11-3-2-4-15(9-11)21-19(24)16-13-7-8-14(10-13)17(16)20-22-18(23-25-20)12-5-6-12/h2-4,9,12-14,16-17H,5-8,10H2,1H3,(H,21,24)/t13-,14+,16-,17-/m0/s1. The zero-order chi connectivity index (χ0) is 17.0. The number of hydrogen-bond donors (Lipinski definition) is 1. The molecule has 1 heterocycles. The zero-order valence-corrected chi connectivity index (χ0v) is 14.4. The SMILES string of the molecule is Cc1cccc(NC(=O)[C@H]2[C@H]3CC[C@H](C3)[C@@H]2c2nc(C3CC3)no2)c1. The number of aromatic nitrogens is 2. The fourth-order valence-corrected chi connectivity index (χ4v) is 4.86. The average Bonchev–Trinajstić information content (AvgIpc) is 3.04. The van der Waals surface area contributed by atoms with Crippen LogP contribution in [-0.4, -0.2) is 16.0 Å². The third-order valence-electron chi connectivity index (χ3n) is 6.19. The Labute approximate surface area is 147 Å². The molecular formula is C20H23N3O2. The molecular weight excluding hydrogens is 314 g/mol. The minimum atomic E-state index is -0.0493. The summed E-state index contributed by atoms with van der Waals surface area (Å²) in [6.07, 6.45) is 5.74. The van der Waals surface area contributed by atoms with Crippen LogP contribution in [0.5, 0.6) is 0 Å². The summed E-state index contributed by atoms with van der Waals surface area (Å²) in [7, 11) is 0. The van der Waals surface area contributed by atoms with E-state index in [9.17, 15) is 4.79 Å². The van der Waals surface area contributed by atoms with Gasteiger partial charge in [0.2, 0.25) is 11.8 Å². The molecule has 3 fully saturated rings. The first-order valence-corrected chi connectivity index (χ1v) is 9.40. The molecule has 1 aromatic heterocycles. The molecule has 5 rings (SSSR count). The Morgan fingerprint density at radius 2 is 2.04 bits per heavy atom. The average molecular weight is 337 g/mol. The molecule has 2 aromatic rings. The number of fused-ring (bicyclic) bond motifs is 2. The normalized spacial score (nSPS) is 30.6. The van der Waals surface area contributed by atoms with Gasteiger partial charge in [0.25, 0.3) is 0 Å². The van der Waals surface area contributed by atoms with Crippen molar-refractivity contribution < 1.29 is 9.32 Å². The second kappa shape index (κ2) is 5.68. The maximum absolute atomic E-state index is 13.1. The quantitative estimate of drug-likeness (QED) is 0.915. The third-order valence-corrected chi connectivity index (χ3v) is 6.19. The highest BCUT2D eigenvalue weighted by Gasteiger charge is 2.53. The van der Waals surface area contributed by atoms with Gasteiger partial charge in [0, 0.05) is 11.6 Å². The number of anilines is 1. The number of benzene rings is 1. The topological polar surface area (TPSA) is 68.0 Å². The molecule has 0 unspecified atom stereocenters. The van der Waals surface area contributed by atoms with Crippen molar-refractivity contribution in [3.8, 4) is 0 Å². The van der Waals surface area contributed by atoms with Gasteiger partial charge in [0.1, 0.15) is 0 Å². The van der Waals surface area contributed by atoms with Crippen LogP contribution in [0, 0.1) is 24.7 Å². The predicted molar refractivity (Wildman–Crippen MR) is 93.1 cm³/mol. The van der Waals surface area contributed by atoms with Gasteiger partial charge in [-0.3, -0.25) is 4.79 Å². The highest BCUT2D eigenvalue weighted by Crippen LogP contribution is 2.56. The number of hydrogen-bond acceptors (Lipinski definition) is 4. The van der Waals surface area contributed by atoms with Gasteiger partial charge in [-0.05, 0) is 68.6 Å². The summed E-state index contributed by atoms with van der Waals surface area (Å²) in [4.78, 5) is 17.7. The Balaban J connectivity index is 1.40. The number of carbonyl (C=O) groups is 1. The molecule has 4 atom stereocenters. The fraction of sp³-hybridized carbons (Fsp3) is 0.550. The van der Waals surface area contributed by atoms with E-state index >= 15 is 0 Å². The molecule has 25 heavy (non-hydrogen) atoms. The maximum Gasteiger partial charge on any atom is 0.230 e. The molecule has 3 saturated carbocycles. The van der Waals surface area contributed by atoms with Gasteiger partial charge in [0.15, 0.2) is 5.82 Å². The van der Waals surface area contributed by atoms with Crippen molar-refractivity contribution in [2.24, 2.45) is 17.8 Å². The number of carbonyl (C=O) groups excluding carboxylic acids is 1. The van der Waals surface area contributed by atoms with Crippen LogP contribution < -0.4 is 5.32 Å². The van der Waals surface area contributed by atoms with Gasteiger partial charge < -0.3 is 9.84 Å². The van der Waals surface area contributed by atoms with E-state index in [0.29, 0.717) is 23.6 Å². The fourth-order valence-electron chi connectivity index (χ4n) is 4.86. The van der Waals surface area contributed by atoms with Crippen LogP contribution in [0.15, 0.2) is 28.8 Å². The van der Waals surface area contributed by atoms with Crippen LogP contribution in [0.4, 0.5) is 5.69 Å². The number of nitrogens with zero attached hydrogens (tertiary/aromatic N) is 2. The Bertz CT molecular complexity index is 811. The highest BCUT2D eigenvalue weighted by molar-refractivity contribution is 5.93.